The summed E-state index contributed by atoms with van der Waals surface area (Å²) < 4.78 is 0. The average Bonchev–Trinajstić information content (AvgIpc) is 2.74. The second-order valence-corrected chi connectivity index (χ2v) is 2.56. The topological polar surface area (TPSA) is 49.3 Å². The summed E-state index contributed by atoms with van der Waals surface area (Å²) in [6.45, 7) is 3.27. The van der Waals surface area contributed by atoms with Crippen molar-refractivity contribution in [2.24, 2.45) is 0 Å². The van der Waals surface area contributed by atoms with Crippen LogP contribution in [0.3, 0.4) is 0 Å². The lowest BCUT2D eigenvalue weighted by molar-refractivity contribution is -0.109. The standard InChI is InChI=1S/C5H9NO.C3H8O.C2H2/c7-4-5-2-1-3-6-5;1-2-3-4;1-2/h4-6H,1-3H2;4H,2-3H2,1H3;1-2H/t5-;;/m0../s1. The van der Waals surface area contributed by atoms with Crippen LogP contribution in [0.1, 0.15) is 26.2 Å². The first kappa shape index (κ1) is 14.7. The maximum absolute atomic E-state index is 9.94. The molecule has 1 fully saturated rings. The van der Waals surface area contributed by atoms with Gasteiger partial charge in [-0.3, -0.25) is 0 Å². The second kappa shape index (κ2) is 13.7. The number of hydrogen-bond donors (Lipinski definition) is 2. The van der Waals surface area contributed by atoms with E-state index < -0.39 is 0 Å². The Morgan fingerprint density at radius 1 is 1.62 bits per heavy atom. The SMILES string of the molecule is C#C.CCCO.O=C[C@@H]1CCCN1. The van der Waals surface area contributed by atoms with Gasteiger partial charge < -0.3 is 15.2 Å². The van der Waals surface area contributed by atoms with Crippen molar-refractivity contribution in [1.82, 2.24) is 5.32 Å². The van der Waals surface area contributed by atoms with E-state index in [0.717, 1.165) is 32.1 Å². The van der Waals surface area contributed by atoms with Crippen molar-refractivity contribution in [3.8, 4) is 12.8 Å². The van der Waals surface area contributed by atoms with Crippen LogP contribution in [0.5, 0.6) is 0 Å². The zero-order chi connectivity index (χ0) is 10.5. The maximum Gasteiger partial charge on any atom is 0.136 e. The smallest absolute Gasteiger partial charge is 0.136 e. The number of hydrogen-bond acceptors (Lipinski definition) is 3. The van der Waals surface area contributed by atoms with Crippen LogP contribution >= 0.6 is 0 Å². The van der Waals surface area contributed by atoms with E-state index in [2.05, 4.69) is 18.2 Å². The maximum atomic E-state index is 9.94. The van der Waals surface area contributed by atoms with Crippen LogP contribution in [0.25, 0.3) is 0 Å². The summed E-state index contributed by atoms with van der Waals surface area (Å²) in [5, 5.41) is 10.9. The molecule has 0 spiro atoms. The molecule has 0 unspecified atom stereocenters. The van der Waals surface area contributed by atoms with E-state index in [1.54, 1.807) is 0 Å². The van der Waals surface area contributed by atoms with Gasteiger partial charge in [0.15, 0.2) is 0 Å². The third-order valence-corrected chi connectivity index (χ3v) is 1.49. The Labute approximate surface area is 80.5 Å². The number of carbonyl (C=O) groups excluding carboxylic acids is 1. The number of terminal acetylenes is 1. The minimum Gasteiger partial charge on any atom is -0.396 e. The van der Waals surface area contributed by atoms with Gasteiger partial charge in [0.05, 0.1) is 6.04 Å². The lowest BCUT2D eigenvalue weighted by Gasteiger charge is -1.93. The van der Waals surface area contributed by atoms with Crippen molar-refractivity contribution >= 4 is 6.29 Å². The van der Waals surface area contributed by atoms with E-state index in [0.29, 0.717) is 6.61 Å². The molecule has 0 aromatic carbocycles. The first-order valence-corrected chi connectivity index (χ1v) is 4.48. The van der Waals surface area contributed by atoms with E-state index in [1.165, 1.54) is 0 Å². The molecule has 0 aromatic rings. The fraction of sp³-hybridized carbons (Fsp3) is 0.700. The summed E-state index contributed by atoms with van der Waals surface area (Å²) in [5.74, 6) is 0. The summed E-state index contributed by atoms with van der Waals surface area (Å²) in [5.41, 5.74) is 0. The van der Waals surface area contributed by atoms with Crippen LogP contribution in [0, 0.1) is 12.8 Å². The fourth-order valence-corrected chi connectivity index (χ4v) is 0.828. The van der Waals surface area contributed by atoms with E-state index in [4.69, 9.17) is 5.11 Å². The first-order chi connectivity index (χ1) is 6.35. The molecule has 0 saturated carbocycles. The zero-order valence-corrected chi connectivity index (χ0v) is 8.20. The molecule has 76 valence electrons. The van der Waals surface area contributed by atoms with Gasteiger partial charge in [0.1, 0.15) is 6.29 Å². The molecule has 1 heterocycles. The van der Waals surface area contributed by atoms with Crippen LogP contribution in [0.2, 0.25) is 0 Å². The number of nitrogens with one attached hydrogen (secondary N) is 1. The highest BCUT2D eigenvalue weighted by molar-refractivity contribution is 5.57. The van der Waals surface area contributed by atoms with Gasteiger partial charge in [0.25, 0.3) is 0 Å². The van der Waals surface area contributed by atoms with Gasteiger partial charge in [-0.2, -0.15) is 0 Å². The molecule has 1 saturated heterocycles. The molecule has 3 nitrogen and oxygen atoms in total. The summed E-state index contributed by atoms with van der Waals surface area (Å²) in [6.07, 6.45) is 12.0. The third-order valence-electron chi connectivity index (χ3n) is 1.49. The van der Waals surface area contributed by atoms with Crippen molar-refractivity contribution in [2.75, 3.05) is 13.2 Å². The molecular weight excluding hydrogens is 166 g/mol. The summed E-state index contributed by atoms with van der Waals surface area (Å²) >= 11 is 0. The van der Waals surface area contributed by atoms with Crippen molar-refractivity contribution in [2.45, 2.75) is 32.2 Å². The highest BCUT2D eigenvalue weighted by Crippen LogP contribution is 2.00. The monoisotopic (exact) mass is 185 g/mol. The number of carbonyl (C=O) groups is 1. The lowest BCUT2D eigenvalue weighted by Crippen LogP contribution is -2.21. The van der Waals surface area contributed by atoms with Gasteiger partial charge in [0.2, 0.25) is 0 Å². The van der Waals surface area contributed by atoms with Gasteiger partial charge >= 0.3 is 0 Å². The fourth-order valence-electron chi connectivity index (χ4n) is 0.828. The van der Waals surface area contributed by atoms with Gasteiger partial charge in [0, 0.05) is 6.61 Å². The zero-order valence-electron chi connectivity index (χ0n) is 8.20. The second-order valence-electron chi connectivity index (χ2n) is 2.56. The Bertz CT molecular complexity index is 115. The Kier molecular flexibility index (Phi) is 15.5. The van der Waals surface area contributed by atoms with Crippen molar-refractivity contribution in [3.05, 3.63) is 0 Å². The molecule has 1 rings (SSSR count). The van der Waals surface area contributed by atoms with Crippen molar-refractivity contribution < 1.29 is 9.90 Å². The molecule has 0 aromatic heterocycles. The number of rotatable bonds is 2. The van der Waals surface area contributed by atoms with E-state index in [-0.39, 0.29) is 6.04 Å². The Hall–Kier alpha value is -0.850. The molecule has 0 bridgehead atoms. The van der Waals surface area contributed by atoms with Crippen LogP contribution in [-0.2, 0) is 4.79 Å². The molecule has 1 aliphatic heterocycles. The van der Waals surface area contributed by atoms with E-state index in [1.807, 2.05) is 6.92 Å². The Morgan fingerprint density at radius 2 is 2.15 bits per heavy atom. The van der Waals surface area contributed by atoms with Gasteiger partial charge in [-0.1, -0.05) is 6.92 Å². The Balaban J connectivity index is 0. The van der Waals surface area contributed by atoms with Crippen molar-refractivity contribution in [3.63, 3.8) is 0 Å². The first-order valence-electron chi connectivity index (χ1n) is 4.48. The van der Waals surface area contributed by atoms with E-state index >= 15 is 0 Å². The minimum atomic E-state index is 0.167. The molecule has 1 atom stereocenters. The lowest BCUT2D eigenvalue weighted by atomic mass is 10.2. The molecule has 3 heteroatoms. The highest BCUT2D eigenvalue weighted by atomic mass is 16.2. The Morgan fingerprint density at radius 3 is 2.31 bits per heavy atom. The molecule has 0 radical (unpaired) electrons. The van der Waals surface area contributed by atoms with Gasteiger partial charge in [-0.15, -0.1) is 12.8 Å². The highest BCUT2D eigenvalue weighted by Gasteiger charge is 2.10. The van der Waals surface area contributed by atoms with Gasteiger partial charge in [-0.25, -0.2) is 0 Å². The normalized spacial score (nSPS) is 18.9. The molecule has 13 heavy (non-hydrogen) atoms. The quantitative estimate of drug-likeness (QED) is 0.488. The predicted octanol–water partition coefficient (Wildman–Crippen LogP) is 0.575. The summed E-state index contributed by atoms with van der Waals surface area (Å²) in [6, 6.07) is 0.167. The number of aliphatic hydroxyl groups is 1. The van der Waals surface area contributed by atoms with Crippen LogP contribution in [0.4, 0.5) is 0 Å². The minimum absolute atomic E-state index is 0.167. The number of aliphatic hydroxyl groups excluding tert-OH is 1. The van der Waals surface area contributed by atoms with Crippen LogP contribution < -0.4 is 5.32 Å². The number of aldehydes is 1. The molecule has 0 aliphatic carbocycles. The van der Waals surface area contributed by atoms with Gasteiger partial charge in [-0.05, 0) is 25.8 Å². The predicted molar refractivity (Wildman–Crippen MR) is 54.4 cm³/mol. The largest absolute Gasteiger partial charge is 0.396 e. The average molecular weight is 185 g/mol. The van der Waals surface area contributed by atoms with Crippen LogP contribution in [-0.4, -0.2) is 30.6 Å². The molecule has 0 amide bonds. The molecular formula is C10H19NO2. The molecule has 2 N–H and O–H groups in total. The van der Waals surface area contributed by atoms with Crippen LogP contribution in [0.15, 0.2) is 0 Å². The van der Waals surface area contributed by atoms with E-state index in [9.17, 15) is 4.79 Å². The summed E-state index contributed by atoms with van der Waals surface area (Å²) in [7, 11) is 0. The summed E-state index contributed by atoms with van der Waals surface area (Å²) in [4.78, 5) is 9.94. The van der Waals surface area contributed by atoms with Crippen molar-refractivity contribution in [1.29, 1.82) is 0 Å². The third kappa shape index (κ3) is 11.1. The molecule has 1 aliphatic rings.